The van der Waals surface area contributed by atoms with E-state index in [1.54, 1.807) is 7.11 Å². The summed E-state index contributed by atoms with van der Waals surface area (Å²) in [7, 11) is 1.56. The molecule has 0 saturated carbocycles. The van der Waals surface area contributed by atoms with E-state index in [4.69, 9.17) is 22.0 Å². The van der Waals surface area contributed by atoms with E-state index in [1.165, 1.54) is 5.01 Å². The molecule has 0 atom stereocenters. The fourth-order valence-corrected chi connectivity index (χ4v) is 0.575. The number of hydrogen-bond donors (Lipinski definition) is 3. The van der Waals surface area contributed by atoms with Crippen LogP contribution in [0.2, 0.25) is 0 Å². The molecule has 6 N–H and O–H groups in total. The van der Waals surface area contributed by atoms with Crippen LogP contribution >= 0.6 is 12.2 Å². The highest BCUT2D eigenvalue weighted by molar-refractivity contribution is 7.80. The van der Waals surface area contributed by atoms with Crippen molar-refractivity contribution in [2.45, 2.75) is 0 Å². The zero-order chi connectivity index (χ0) is 9.56. The van der Waals surface area contributed by atoms with E-state index in [1.807, 2.05) is 0 Å². The zero-order valence-corrected chi connectivity index (χ0v) is 7.67. The Bertz CT molecular complexity index is 183. The van der Waals surface area contributed by atoms with Crippen molar-refractivity contribution in [1.29, 1.82) is 0 Å². The minimum absolute atomic E-state index is 0.0413. The molecule has 0 aliphatic heterocycles. The molecule has 0 heterocycles. The quantitative estimate of drug-likeness (QED) is 0.163. The van der Waals surface area contributed by atoms with E-state index in [9.17, 15) is 0 Å². The Hall–Kier alpha value is -0.920. The number of nitrogens with zero attached hydrogens (tertiary/aromatic N) is 2. The Balaban J connectivity index is 3.91. The third-order valence-electron chi connectivity index (χ3n) is 1.06. The minimum atomic E-state index is -0.0413. The van der Waals surface area contributed by atoms with Crippen molar-refractivity contribution in [2.24, 2.45) is 22.3 Å². The van der Waals surface area contributed by atoms with Gasteiger partial charge in [-0.15, -0.1) is 0 Å². The van der Waals surface area contributed by atoms with Crippen LogP contribution in [0.3, 0.4) is 0 Å². The standard InChI is InChI=1S/C5H13N5OS/c1-11-3-2-10(8)4(6)9-5(7)12/h2-3,8H2,1H3,(H4,6,7,9,12). The van der Waals surface area contributed by atoms with Gasteiger partial charge in [-0.05, 0) is 12.2 Å². The van der Waals surface area contributed by atoms with Gasteiger partial charge in [-0.1, -0.05) is 0 Å². The van der Waals surface area contributed by atoms with Crippen LogP contribution < -0.4 is 17.3 Å². The average Bonchev–Trinajstić information content (AvgIpc) is 1.98. The number of hydrazine groups is 1. The third-order valence-corrected chi connectivity index (χ3v) is 1.15. The van der Waals surface area contributed by atoms with Gasteiger partial charge in [-0.2, -0.15) is 4.99 Å². The van der Waals surface area contributed by atoms with E-state index in [0.717, 1.165) is 0 Å². The van der Waals surface area contributed by atoms with Crippen molar-refractivity contribution in [3.63, 3.8) is 0 Å². The number of methoxy groups -OCH3 is 1. The number of rotatable bonds is 3. The van der Waals surface area contributed by atoms with E-state index < -0.39 is 0 Å². The van der Waals surface area contributed by atoms with Gasteiger partial charge in [-0.3, -0.25) is 5.01 Å². The first kappa shape index (κ1) is 11.1. The van der Waals surface area contributed by atoms with E-state index in [-0.39, 0.29) is 11.1 Å². The molecule has 0 unspecified atom stereocenters. The van der Waals surface area contributed by atoms with Gasteiger partial charge in [0, 0.05) is 7.11 Å². The highest BCUT2D eigenvalue weighted by Gasteiger charge is 2.01. The van der Waals surface area contributed by atoms with Gasteiger partial charge >= 0.3 is 0 Å². The molecule has 12 heavy (non-hydrogen) atoms. The summed E-state index contributed by atoms with van der Waals surface area (Å²) in [4.78, 5) is 3.58. The van der Waals surface area contributed by atoms with Gasteiger partial charge in [0.2, 0.25) is 5.96 Å². The molecule has 0 rings (SSSR count). The molecule has 0 saturated heterocycles. The number of thiocarbonyl (C=S) groups is 1. The molecule has 0 aromatic carbocycles. The summed E-state index contributed by atoms with van der Waals surface area (Å²) in [5.41, 5.74) is 10.5. The Morgan fingerprint density at radius 3 is 2.58 bits per heavy atom. The largest absolute Gasteiger partial charge is 0.383 e. The second-order valence-corrected chi connectivity index (χ2v) is 2.41. The van der Waals surface area contributed by atoms with Crippen LogP contribution in [0.1, 0.15) is 0 Å². The van der Waals surface area contributed by atoms with Gasteiger partial charge in [0.15, 0.2) is 5.11 Å². The predicted octanol–water partition coefficient (Wildman–Crippen LogP) is -1.63. The molecule has 0 radical (unpaired) electrons. The number of guanidine groups is 1. The number of ether oxygens (including phenoxy) is 1. The topological polar surface area (TPSA) is 103 Å². The van der Waals surface area contributed by atoms with Gasteiger partial charge in [0.05, 0.1) is 13.2 Å². The van der Waals surface area contributed by atoms with Crippen LogP contribution in [-0.2, 0) is 4.74 Å². The maximum atomic E-state index is 5.43. The number of aliphatic imine (C=N–C) groups is 1. The van der Waals surface area contributed by atoms with Crippen molar-refractivity contribution in [2.75, 3.05) is 20.3 Å². The molecule has 0 aromatic heterocycles. The van der Waals surface area contributed by atoms with Crippen LogP contribution in [0.15, 0.2) is 4.99 Å². The number of hydrogen-bond acceptors (Lipinski definition) is 3. The number of nitrogens with two attached hydrogens (primary N) is 3. The van der Waals surface area contributed by atoms with Crippen LogP contribution in [0.25, 0.3) is 0 Å². The zero-order valence-electron chi connectivity index (χ0n) is 6.86. The molecule has 0 aliphatic carbocycles. The van der Waals surface area contributed by atoms with Crippen molar-refractivity contribution < 1.29 is 4.74 Å². The van der Waals surface area contributed by atoms with Gasteiger partial charge in [0.25, 0.3) is 0 Å². The van der Waals surface area contributed by atoms with Crippen molar-refractivity contribution in [3.05, 3.63) is 0 Å². The van der Waals surface area contributed by atoms with Crippen molar-refractivity contribution >= 4 is 23.3 Å². The summed E-state index contributed by atoms with van der Waals surface area (Å²) >= 11 is 4.50. The fourth-order valence-electron chi connectivity index (χ4n) is 0.481. The smallest absolute Gasteiger partial charge is 0.213 e. The molecule has 6 nitrogen and oxygen atoms in total. The summed E-state index contributed by atoms with van der Waals surface area (Å²) in [6.45, 7) is 0.901. The Morgan fingerprint density at radius 2 is 2.17 bits per heavy atom. The van der Waals surface area contributed by atoms with Gasteiger partial charge in [-0.25, -0.2) is 5.84 Å². The molecular formula is C5H13N5OS. The van der Waals surface area contributed by atoms with E-state index in [0.29, 0.717) is 13.2 Å². The van der Waals surface area contributed by atoms with Gasteiger partial charge in [0.1, 0.15) is 0 Å². The monoisotopic (exact) mass is 191 g/mol. The molecule has 0 aromatic rings. The average molecular weight is 191 g/mol. The van der Waals surface area contributed by atoms with Gasteiger partial charge < -0.3 is 16.2 Å². The molecule has 7 heteroatoms. The van der Waals surface area contributed by atoms with E-state index >= 15 is 0 Å². The lowest BCUT2D eigenvalue weighted by atomic mass is 10.6. The molecule has 70 valence electrons. The first-order valence-corrected chi connectivity index (χ1v) is 3.63. The fraction of sp³-hybridized carbons (Fsp3) is 0.600. The first-order valence-electron chi connectivity index (χ1n) is 3.22. The Morgan fingerprint density at radius 1 is 1.58 bits per heavy atom. The lowest BCUT2D eigenvalue weighted by Gasteiger charge is -2.15. The summed E-state index contributed by atoms with van der Waals surface area (Å²) < 4.78 is 4.77. The SMILES string of the molecule is COCCN(N)/C(N)=N/C(N)=S. The molecule has 0 bridgehead atoms. The Kier molecular flexibility index (Phi) is 5.26. The van der Waals surface area contributed by atoms with Crippen molar-refractivity contribution in [3.8, 4) is 0 Å². The van der Waals surface area contributed by atoms with Crippen molar-refractivity contribution in [1.82, 2.24) is 5.01 Å². The van der Waals surface area contributed by atoms with Crippen LogP contribution in [0.5, 0.6) is 0 Å². The molecule has 0 fully saturated rings. The first-order chi connectivity index (χ1) is 5.57. The van der Waals surface area contributed by atoms with Crippen LogP contribution in [0, 0.1) is 0 Å². The molecule has 0 amide bonds. The summed E-state index contributed by atoms with van der Waals surface area (Å²) in [6, 6.07) is 0. The summed E-state index contributed by atoms with van der Waals surface area (Å²) in [5, 5.41) is 1.17. The normalized spacial score (nSPS) is 11.3. The summed E-state index contributed by atoms with van der Waals surface area (Å²) in [6.07, 6.45) is 0. The maximum absolute atomic E-state index is 5.43. The predicted molar refractivity (Wildman–Crippen MR) is 51.2 cm³/mol. The highest BCUT2D eigenvalue weighted by atomic mass is 32.1. The second-order valence-electron chi connectivity index (χ2n) is 1.99. The van der Waals surface area contributed by atoms with Crippen LogP contribution in [-0.4, -0.2) is 36.3 Å². The van der Waals surface area contributed by atoms with Crippen LogP contribution in [0.4, 0.5) is 0 Å². The minimum Gasteiger partial charge on any atom is -0.383 e. The Labute approximate surface area is 76.3 Å². The second kappa shape index (κ2) is 5.70. The maximum Gasteiger partial charge on any atom is 0.213 e. The summed E-state index contributed by atoms with van der Waals surface area (Å²) in [5.74, 6) is 5.52. The van der Waals surface area contributed by atoms with E-state index in [2.05, 4.69) is 17.2 Å². The lowest BCUT2D eigenvalue weighted by Crippen LogP contribution is -2.45. The third kappa shape index (κ3) is 4.83. The molecule has 0 aliphatic rings. The molecular weight excluding hydrogens is 178 g/mol. The highest BCUT2D eigenvalue weighted by Crippen LogP contribution is 1.79. The molecule has 0 spiro atoms. The lowest BCUT2D eigenvalue weighted by molar-refractivity contribution is 0.176.